The molecule has 2 amide bonds. The molecule has 10 heteroatoms. The predicted octanol–water partition coefficient (Wildman–Crippen LogP) is 6.15. The van der Waals surface area contributed by atoms with Gasteiger partial charge in [-0.15, -0.1) is 0 Å². The Labute approximate surface area is 254 Å². The van der Waals surface area contributed by atoms with Gasteiger partial charge in [0, 0.05) is 48.8 Å². The van der Waals surface area contributed by atoms with Crippen LogP contribution >= 0.6 is 0 Å². The van der Waals surface area contributed by atoms with Gasteiger partial charge in [-0.05, 0) is 86.3 Å². The zero-order valence-corrected chi connectivity index (χ0v) is 24.4. The Morgan fingerprint density at radius 2 is 1.64 bits per heavy atom. The molecule has 2 aromatic carbocycles. The average molecular weight is 608 g/mol. The number of aromatic nitrogens is 1. The molecule has 1 aliphatic heterocycles. The fraction of sp³-hybridized carbons (Fsp3) is 0.412. The largest absolute Gasteiger partial charge is 0.416 e. The predicted molar refractivity (Wildman–Crippen MR) is 158 cm³/mol. The molecule has 5 rings (SSSR count). The van der Waals surface area contributed by atoms with E-state index in [1.807, 2.05) is 18.2 Å². The summed E-state index contributed by atoms with van der Waals surface area (Å²) in [4.78, 5) is 43.1. The topological polar surface area (TPSA) is 114 Å². The maximum Gasteiger partial charge on any atom is 0.416 e. The van der Waals surface area contributed by atoms with Crippen molar-refractivity contribution in [1.82, 2.24) is 9.88 Å². The highest BCUT2D eigenvalue weighted by Gasteiger charge is 2.38. The van der Waals surface area contributed by atoms with Crippen molar-refractivity contribution in [2.45, 2.75) is 63.1 Å². The van der Waals surface area contributed by atoms with Crippen LogP contribution in [0.5, 0.6) is 0 Å². The molecule has 0 unspecified atom stereocenters. The lowest BCUT2D eigenvalue weighted by molar-refractivity contribution is -0.137. The molecule has 0 bridgehead atoms. The highest BCUT2D eigenvalue weighted by molar-refractivity contribution is 5.98. The lowest BCUT2D eigenvalue weighted by Gasteiger charge is -2.36. The molecule has 1 aliphatic carbocycles. The van der Waals surface area contributed by atoms with Crippen molar-refractivity contribution in [1.29, 1.82) is 0 Å². The number of rotatable bonds is 9. The summed E-state index contributed by atoms with van der Waals surface area (Å²) in [6, 6.07) is 15.1. The molecule has 0 radical (unpaired) electrons. The molecule has 1 saturated carbocycles. The zero-order valence-electron chi connectivity index (χ0n) is 24.4. The van der Waals surface area contributed by atoms with Crippen LogP contribution in [-0.2, 0) is 16.6 Å². The molecule has 3 aromatic rings. The summed E-state index contributed by atoms with van der Waals surface area (Å²) >= 11 is 0. The minimum Gasteiger partial charge on any atom is -0.384 e. The minimum atomic E-state index is -4.53. The maximum absolute atomic E-state index is 13.0. The Balaban J connectivity index is 1.08. The summed E-state index contributed by atoms with van der Waals surface area (Å²) in [5, 5.41) is 11.4. The van der Waals surface area contributed by atoms with Crippen LogP contribution in [0.4, 0.5) is 13.2 Å². The van der Waals surface area contributed by atoms with E-state index < -0.39 is 29.0 Å². The highest BCUT2D eigenvalue weighted by atomic mass is 19.4. The van der Waals surface area contributed by atoms with Crippen molar-refractivity contribution < 1.29 is 32.7 Å². The molecule has 44 heavy (non-hydrogen) atoms. The fourth-order valence-corrected chi connectivity index (χ4v) is 6.45. The van der Waals surface area contributed by atoms with E-state index in [-0.39, 0.29) is 24.3 Å². The molecule has 2 fully saturated rings. The molecule has 1 aromatic heterocycles. The number of alkyl halides is 3. The van der Waals surface area contributed by atoms with Gasteiger partial charge < -0.3 is 15.7 Å². The number of nitrogens with two attached hydrogens (primary N) is 1. The van der Waals surface area contributed by atoms with Crippen molar-refractivity contribution >= 4 is 17.6 Å². The van der Waals surface area contributed by atoms with Crippen molar-refractivity contribution in [2.24, 2.45) is 17.6 Å². The number of halogens is 3. The second-order valence-electron chi connectivity index (χ2n) is 12.1. The van der Waals surface area contributed by atoms with Gasteiger partial charge >= 0.3 is 6.18 Å². The van der Waals surface area contributed by atoms with Gasteiger partial charge in [-0.3, -0.25) is 19.4 Å². The van der Waals surface area contributed by atoms with Gasteiger partial charge in [-0.1, -0.05) is 30.3 Å². The van der Waals surface area contributed by atoms with E-state index in [0.29, 0.717) is 49.0 Å². The SMILES string of the molecule is NC(=O)c1cccc(-c2ccc(C3(O)CCC(C[C@H]4CCN(C(=O)CCC(=O)c5cccc(C(F)(F)F)c5)C4)CC3)nc2)c1. The van der Waals surface area contributed by atoms with Gasteiger partial charge in [0.1, 0.15) is 5.60 Å². The number of ketones is 1. The van der Waals surface area contributed by atoms with Crippen LogP contribution in [0.15, 0.2) is 66.9 Å². The first-order chi connectivity index (χ1) is 20.9. The zero-order chi connectivity index (χ0) is 31.5. The summed E-state index contributed by atoms with van der Waals surface area (Å²) in [6.07, 6.45) is 1.71. The van der Waals surface area contributed by atoms with Crippen molar-refractivity contribution in [3.8, 4) is 11.1 Å². The summed E-state index contributed by atoms with van der Waals surface area (Å²) in [7, 11) is 0. The summed E-state index contributed by atoms with van der Waals surface area (Å²) in [6.45, 7) is 1.22. The quantitative estimate of drug-likeness (QED) is 0.284. The third kappa shape index (κ3) is 7.35. The number of hydrogen-bond donors (Lipinski definition) is 2. The monoisotopic (exact) mass is 607 g/mol. The summed E-state index contributed by atoms with van der Waals surface area (Å²) in [5.41, 5.74) is 6.17. The van der Waals surface area contributed by atoms with Crippen molar-refractivity contribution in [3.05, 3.63) is 89.2 Å². The van der Waals surface area contributed by atoms with Gasteiger partial charge in [0.2, 0.25) is 11.8 Å². The van der Waals surface area contributed by atoms with Gasteiger partial charge in [0.05, 0.1) is 11.3 Å². The second-order valence-corrected chi connectivity index (χ2v) is 12.1. The van der Waals surface area contributed by atoms with Crippen LogP contribution in [0.3, 0.4) is 0 Å². The average Bonchev–Trinajstić information content (AvgIpc) is 3.49. The third-order valence-corrected chi connectivity index (χ3v) is 9.04. The van der Waals surface area contributed by atoms with Gasteiger partial charge in [0.25, 0.3) is 0 Å². The highest BCUT2D eigenvalue weighted by Crippen LogP contribution is 2.42. The van der Waals surface area contributed by atoms with Gasteiger partial charge in [-0.2, -0.15) is 13.2 Å². The number of nitrogens with zero attached hydrogens (tertiary/aromatic N) is 2. The lowest BCUT2D eigenvalue weighted by atomic mass is 9.74. The van der Waals surface area contributed by atoms with Crippen LogP contribution in [-0.4, -0.2) is 45.7 Å². The lowest BCUT2D eigenvalue weighted by Crippen LogP contribution is -2.33. The standard InChI is InChI=1S/C34H36F3N3O4/c35-34(36,37)28-6-2-4-25(19-28)29(41)8-10-31(42)40-16-13-23(21-40)17-22-11-14-33(44,15-12-22)30-9-7-27(20-39-30)24-3-1-5-26(18-24)32(38)43/h1-7,9,18-20,22-23,44H,8,10-17,21H2,(H2,38,43)/t22?,23-,33?/m1/s1. The van der Waals surface area contributed by atoms with E-state index in [1.54, 1.807) is 29.3 Å². The first kappa shape index (κ1) is 31.4. The number of carbonyl (C=O) groups excluding carboxylic acids is 3. The molecule has 7 nitrogen and oxygen atoms in total. The van der Waals surface area contributed by atoms with Crippen LogP contribution in [0.2, 0.25) is 0 Å². The van der Waals surface area contributed by atoms with E-state index in [1.165, 1.54) is 12.1 Å². The van der Waals surface area contributed by atoms with Gasteiger partial charge in [0.15, 0.2) is 5.78 Å². The smallest absolute Gasteiger partial charge is 0.384 e. The molecule has 232 valence electrons. The van der Waals surface area contributed by atoms with Crippen molar-refractivity contribution in [3.63, 3.8) is 0 Å². The number of pyridine rings is 1. The van der Waals surface area contributed by atoms with Crippen LogP contribution in [0.1, 0.15) is 83.3 Å². The number of primary amides is 1. The Morgan fingerprint density at radius 1 is 0.909 bits per heavy atom. The number of likely N-dealkylation sites (tertiary alicyclic amines) is 1. The number of benzene rings is 2. The minimum absolute atomic E-state index is 0.0272. The first-order valence-corrected chi connectivity index (χ1v) is 15.0. The molecular weight excluding hydrogens is 571 g/mol. The molecule has 2 aliphatic rings. The maximum atomic E-state index is 13.0. The Hall–Kier alpha value is -4.05. The summed E-state index contributed by atoms with van der Waals surface area (Å²) in [5.74, 6) is -0.363. The number of carbonyl (C=O) groups is 3. The third-order valence-electron chi connectivity index (χ3n) is 9.04. The van der Waals surface area contributed by atoms with Crippen LogP contribution in [0, 0.1) is 11.8 Å². The van der Waals surface area contributed by atoms with Crippen LogP contribution in [0.25, 0.3) is 11.1 Å². The van der Waals surface area contributed by atoms with E-state index in [4.69, 9.17) is 5.73 Å². The molecule has 0 spiro atoms. The summed E-state index contributed by atoms with van der Waals surface area (Å²) < 4.78 is 38.9. The van der Waals surface area contributed by atoms with E-state index in [2.05, 4.69) is 4.98 Å². The molecular formula is C34H36F3N3O4. The number of amides is 2. The molecule has 3 N–H and O–H groups in total. The Bertz CT molecular complexity index is 1510. The number of aliphatic hydroxyl groups is 1. The van der Waals surface area contributed by atoms with E-state index in [9.17, 15) is 32.7 Å². The number of hydrogen-bond acceptors (Lipinski definition) is 5. The van der Waals surface area contributed by atoms with E-state index >= 15 is 0 Å². The Kier molecular flexibility index (Phi) is 9.20. The van der Waals surface area contributed by atoms with E-state index in [0.717, 1.165) is 48.9 Å². The van der Waals surface area contributed by atoms with Gasteiger partial charge in [-0.25, -0.2) is 0 Å². The van der Waals surface area contributed by atoms with Crippen LogP contribution < -0.4 is 5.73 Å². The second kappa shape index (κ2) is 12.9. The Morgan fingerprint density at radius 3 is 2.32 bits per heavy atom. The molecule has 1 saturated heterocycles. The van der Waals surface area contributed by atoms with Crippen molar-refractivity contribution in [2.75, 3.05) is 13.1 Å². The molecule has 2 heterocycles. The molecule has 1 atom stereocenters. The fourth-order valence-electron chi connectivity index (χ4n) is 6.45. The number of Topliss-reactive ketones (excluding diaryl/α,β-unsaturated/α-hetero) is 1. The first-order valence-electron chi connectivity index (χ1n) is 15.0. The normalized spacial score (nSPS) is 22.1.